The summed E-state index contributed by atoms with van der Waals surface area (Å²) in [7, 11) is 0. The van der Waals surface area contributed by atoms with E-state index in [9.17, 15) is 14.4 Å². The maximum Gasteiger partial charge on any atom is 0.340 e. The Balaban J connectivity index is 1.56. The number of aromatic nitrogens is 1. The van der Waals surface area contributed by atoms with Crippen LogP contribution in [0.5, 0.6) is 0 Å². The summed E-state index contributed by atoms with van der Waals surface area (Å²) in [6.45, 7) is 2.13. The predicted molar refractivity (Wildman–Crippen MR) is 80.9 cm³/mol. The first-order chi connectivity index (χ1) is 11.0. The fourth-order valence-electron chi connectivity index (χ4n) is 2.22. The minimum Gasteiger partial charge on any atom is -0.449 e. The van der Waals surface area contributed by atoms with E-state index in [1.165, 1.54) is 13.1 Å². The number of anilines is 1. The maximum atomic E-state index is 12.1. The first-order valence-corrected chi connectivity index (χ1v) is 7.57. The number of urea groups is 1. The molecule has 8 heteroatoms. The minimum absolute atomic E-state index is 0.261. The second kappa shape index (κ2) is 6.23. The summed E-state index contributed by atoms with van der Waals surface area (Å²) in [6, 6.07) is 3.31. The molecule has 1 aliphatic heterocycles. The molecule has 1 aromatic rings. The Hall–Kier alpha value is -2.64. The quantitative estimate of drug-likeness (QED) is 0.777. The number of rotatable bonds is 5. The lowest BCUT2D eigenvalue weighted by Crippen LogP contribution is -2.41. The van der Waals surface area contributed by atoms with Gasteiger partial charge in [0.2, 0.25) is 0 Å². The molecule has 2 heterocycles. The Morgan fingerprint density at radius 1 is 1.43 bits per heavy atom. The first kappa shape index (κ1) is 15.3. The summed E-state index contributed by atoms with van der Waals surface area (Å²) < 4.78 is 5.12. The fraction of sp³-hybridized carbons (Fsp3) is 0.467. The molecule has 1 saturated heterocycles. The normalized spacial score (nSPS) is 18.3. The van der Waals surface area contributed by atoms with Gasteiger partial charge in [-0.1, -0.05) is 0 Å². The number of carbonyl (C=O) groups is 3. The number of nitrogens with zero attached hydrogens (tertiary/aromatic N) is 2. The zero-order valence-electron chi connectivity index (χ0n) is 12.7. The monoisotopic (exact) mass is 318 g/mol. The second-order valence-electron chi connectivity index (χ2n) is 5.62. The average molecular weight is 318 g/mol. The minimum atomic E-state index is -1.03. The Kier molecular flexibility index (Phi) is 4.14. The number of imide groups is 1. The molecule has 2 N–H and O–H groups in total. The van der Waals surface area contributed by atoms with Crippen LogP contribution in [0.25, 0.3) is 0 Å². The van der Waals surface area contributed by atoms with Gasteiger partial charge in [0.25, 0.3) is 5.91 Å². The average Bonchev–Trinajstić information content (AvgIpc) is 3.25. The summed E-state index contributed by atoms with van der Waals surface area (Å²) >= 11 is 0. The van der Waals surface area contributed by atoms with E-state index in [0.717, 1.165) is 17.7 Å². The fourth-order valence-corrected chi connectivity index (χ4v) is 2.22. The van der Waals surface area contributed by atoms with Gasteiger partial charge in [-0.3, -0.25) is 9.69 Å². The van der Waals surface area contributed by atoms with Crippen LogP contribution in [-0.4, -0.2) is 53.0 Å². The third kappa shape index (κ3) is 3.58. The van der Waals surface area contributed by atoms with E-state index in [0.29, 0.717) is 18.4 Å². The molecule has 1 saturated carbocycles. The van der Waals surface area contributed by atoms with Crippen molar-refractivity contribution < 1.29 is 19.1 Å². The van der Waals surface area contributed by atoms with E-state index in [-0.39, 0.29) is 12.1 Å². The molecule has 3 rings (SSSR count). The van der Waals surface area contributed by atoms with Crippen LogP contribution in [0, 0.1) is 0 Å². The largest absolute Gasteiger partial charge is 0.449 e. The van der Waals surface area contributed by atoms with E-state index in [4.69, 9.17) is 4.74 Å². The highest BCUT2D eigenvalue weighted by Crippen LogP contribution is 2.23. The van der Waals surface area contributed by atoms with Gasteiger partial charge in [-0.05, 0) is 31.9 Å². The van der Waals surface area contributed by atoms with Crippen molar-refractivity contribution in [3.63, 3.8) is 0 Å². The van der Waals surface area contributed by atoms with Gasteiger partial charge >= 0.3 is 12.0 Å². The van der Waals surface area contributed by atoms with Crippen LogP contribution in [0.4, 0.5) is 10.6 Å². The molecule has 2 fully saturated rings. The van der Waals surface area contributed by atoms with Gasteiger partial charge in [0.05, 0.1) is 5.56 Å². The van der Waals surface area contributed by atoms with E-state index >= 15 is 0 Å². The third-order valence-electron chi connectivity index (χ3n) is 3.68. The molecule has 8 nitrogen and oxygen atoms in total. The number of nitrogens with one attached hydrogen (secondary N) is 2. The maximum absolute atomic E-state index is 12.1. The summed E-state index contributed by atoms with van der Waals surface area (Å²) in [6.07, 6.45) is 2.65. The molecule has 1 unspecified atom stereocenters. The van der Waals surface area contributed by atoms with E-state index in [1.807, 2.05) is 0 Å². The molecule has 2 aliphatic rings. The molecule has 3 amide bonds. The zero-order chi connectivity index (χ0) is 16.4. The summed E-state index contributed by atoms with van der Waals surface area (Å²) in [4.78, 5) is 40.7. The molecule has 0 bridgehead atoms. The molecule has 0 spiro atoms. The van der Waals surface area contributed by atoms with Crippen LogP contribution < -0.4 is 10.6 Å². The van der Waals surface area contributed by atoms with Gasteiger partial charge in [0, 0.05) is 25.3 Å². The number of pyridine rings is 1. The highest BCUT2D eigenvalue weighted by Gasteiger charge is 2.31. The van der Waals surface area contributed by atoms with Crippen molar-refractivity contribution in [3.05, 3.63) is 23.9 Å². The van der Waals surface area contributed by atoms with E-state index in [2.05, 4.69) is 15.6 Å². The Morgan fingerprint density at radius 2 is 2.22 bits per heavy atom. The lowest BCUT2D eigenvalue weighted by molar-refractivity contribution is -0.136. The van der Waals surface area contributed by atoms with Crippen molar-refractivity contribution in [2.75, 3.05) is 18.4 Å². The molecule has 1 aromatic heterocycles. The number of hydrogen-bond acceptors (Lipinski definition) is 6. The van der Waals surface area contributed by atoms with Crippen LogP contribution in [0.15, 0.2) is 18.3 Å². The molecule has 0 aromatic carbocycles. The summed E-state index contributed by atoms with van der Waals surface area (Å²) in [5, 5.41) is 5.74. The number of ether oxygens (including phenoxy) is 1. The lowest BCUT2D eigenvalue weighted by atomic mass is 10.2. The number of hydrogen-bond donors (Lipinski definition) is 2. The van der Waals surface area contributed by atoms with Gasteiger partial charge < -0.3 is 15.4 Å². The van der Waals surface area contributed by atoms with Crippen LogP contribution in [0.3, 0.4) is 0 Å². The SMILES string of the molecule is CC(OC(=O)c1ccc(NC2CC2)nc1)C(=O)N1CCNC1=O. The predicted octanol–water partition coefficient (Wildman–Crippen LogP) is 0.753. The summed E-state index contributed by atoms with van der Waals surface area (Å²) in [5.74, 6) is -0.467. The van der Waals surface area contributed by atoms with Crippen molar-refractivity contribution in [1.82, 2.24) is 15.2 Å². The van der Waals surface area contributed by atoms with Crippen molar-refractivity contribution >= 4 is 23.7 Å². The third-order valence-corrected chi connectivity index (χ3v) is 3.68. The molecule has 0 radical (unpaired) electrons. The van der Waals surface area contributed by atoms with Crippen LogP contribution in [0.2, 0.25) is 0 Å². The zero-order valence-corrected chi connectivity index (χ0v) is 12.7. The highest BCUT2D eigenvalue weighted by molar-refractivity contribution is 5.99. The Bertz CT molecular complexity index is 627. The van der Waals surface area contributed by atoms with Gasteiger partial charge in [0.15, 0.2) is 6.10 Å². The molecule has 1 atom stereocenters. The van der Waals surface area contributed by atoms with Gasteiger partial charge in [-0.25, -0.2) is 14.6 Å². The van der Waals surface area contributed by atoms with E-state index in [1.54, 1.807) is 12.1 Å². The Labute approximate surface area is 133 Å². The van der Waals surface area contributed by atoms with Crippen LogP contribution >= 0.6 is 0 Å². The molecular formula is C15H18N4O4. The second-order valence-corrected chi connectivity index (χ2v) is 5.62. The van der Waals surface area contributed by atoms with Gasteiger partial charge in [-0.15, -0.1) is 0 Å². The standard InChI is InChI=1S/C15H18N4O4/c1-9(13(20)19-7-6-16-15(19)22)23-14(21)10-2-5-12(17-8-10)18-11-3-4-11/h2,5,8-9,11H,3-4,6-7H2,1H3,(H,16,22)(H,17,18). The molecular weight excluding hydrogens is 300 g/mol. The van der Waals surface area contributed by atoms with Crippen molar-refractivity contribution in [1.29, 1.82) is 0 Å². The smallest absolute Gasteiger partial charge is 0.340 e. The molecule has 122 valence electrons. The highest BCUT2D eigenvalue weighted by atomic mass is 16.5. The van der Waals surface area contributed by atoms with Gasteiger partial charge in [-0.2, -0.15) is 0 Å². The van der Waals surface area contributed by atoms with Crippen LogP contribution in [0.1, 0.15) is 30.1 Å². The molecule has 1 aliphatic carbocycles. The number of esters is 1. The van der Waals surface area contributed by atoms with Crippen LogP contribution in [-0.2, 0) is 9.53 Å². The Morgan fingerprint density at radius 3 is 2.78 bits per heavy atom. The number of amides is 3. The first-order valence-electron chi connectivity index (χ1n) is 7.57. The summed E-state index contributed by atoms with van der Waals surface area (Å²) in [5.41, 5.74) is 0.261. The van der Waals surface area contributed by atoms with Gasteiger partial charge in [0.1, 0.15) is 5.82 Å². The van der Waals surface area contributed by atoms with Crippen molar-refractivity contribution in [2.45, 2.75) is 31.9 Å². The number of carbonyl (C=O) groups excluding carboxylic acids is 3. The molecule has 23 heavy (non-hydrogen) atoms. The topological polar surface area (TPSA) is 101 Å². The lowest BCUT2D eigenvalue weighted by Gasteiger charge is -2.18. The van der Waals surface area contributed by atoms with Crippen molar-refractivity contribution in [2.24, 2.45) is 0 Å². The van der Waals surface area contributed by atoms with E-state index < -0.39 is 24.0 Å². The van der Waals surface area contributed by atoms with Crippen molar-refractivity contribution in [3.8, 4) is 0 Å².